The minimum absolute atomic E-state index is 0.00681. The van der Waals surface area contributed by atoms with Gasteiger partial charge in [0.25, 0.3) is 0 Å². The number of nitrogens with one attached hydrogen (secondary N) is 2. The summed E-state index contributed by atoms with van der Waals surface area (Å²) in [5.41, 5.74) is 1.86. The molecule has 21 heavy (non-hydrogen) atoms. The first-order valence-corrected chi connectivity index (χ1v) is 6.97. The van der Waals surface area contributed by atoms with E-state index in [-0.39, 0.29) is 23.3 Å². The third-order valence-corrected chi connectivity index (χ3v) is 3.68. The van der Waals surface area contributed by atoms with Crippen LogP contribution >= 0.6 is 23.2 Å². The summed E-state index contributed by atoms with van der Waals surface area (Å²) in [6, 6.07) is 9.33. The predicted molar refractivity (Wildman–Crippen MR) is 84.7 cm³/mol. The molecule has 0 spiro atoms. The van der Waals surface area contributed by atoms with Gasteiger partial charge in [-0.05, 0) is 36.8 Å². The highest BCUT2D eigenvalue weighted by molar-refractivity contribution is 6.44. The fourth-order valence-corrected chi connectivity index (χ4v) is 2.10. The van der Waals surface area contributed by atoms with Crippen molar-refractivity contribution in [2.24, 2.45) is 0 Å². The molecule has 0 saturated heterocycles. The molecule has 0 aliphatic carbocycles. The molecule has 0 heterocycles. The summed E-state index contributed by atoms with van der Waals surface area (Å²) < 4.78 is 13.1. The zero-order valence-corrected chi connectivity index (χ0v) is 12.7. The van der Waals surface area contributed by atoms with Crippen molar-refractivity contribution in [3.63, 3.8) is 0 Å². The number of amides is 1. The molecule has 6 heteroatoms. The van der Waals surface area contributed by atoms with Gasteiger partial charge < -0.3 is 10.6 Å². The Bertz CT molecular complexity index is 677. The van der Waals surface area contributed by atoms with E-state index in [9.17, 15) is 9.18 Å². The SMILES string of the molecule is Cc1ccc(F)cc1NCC(=O)Nc1cccc(Cl)c1Cl. The molecule has 0 atom stereocenters. The zero-order valence-electron chi connectivity index (χ0n) is 11.2. The standard InChI is InChI=1S/C15H13Cl2FN2O/c1-9-5-6-10(18)7-13(9)19-8-14(21)20-12-4-2-3-11(16)15(12)17/h2-7,19H,8H2,1H3,(H,20,21). The lowest BCUT2D eigenvalue weighted by Crippen LogP contribution is -2.22. The van der Waals surface area contributed by atoms with Crippen LogP contribution in [0.4, 0.5) is 15.8 Å². The highest BCUT2D eigenvalue weighted by atomic mass is 35.5. The van der Waals surface area contributed by atoms with Crippen LogP contribution in [0.5, 0.6) is 0 Å². The van der Waals surface area contributed by atoms with E-state index in [0.717, 1.165) is 5.56 Å². The van der Waals surface area contributed by atoms with E-state index in [2.05, 4.69) is 10.6 Å². The lowest BCUT2D eigenvalue weighted by molar-refractivity contribution is -0.114. The van der Waals surface area contributed by atoms with Crippen molar-refractivity contribution in [3.05, 3.63) is 57.8 Å². The second-order valence-electron chi connectivity index (χ2n) is 4.46. The van der Waals surface area contributed by atoms with Crippen LogP contribution in [0, 0.1) is 12.7 Å². The Balaban J connectivity index is 1.99. The Hall–Kier alpha value is -1.78. The average molecular weight is 327 g/mol. The van der Waals surface area contributed by atoms with Crippen molar-refractivity contribution in [3.8, 4) is 0 Å². The highest BCUT2D eigenvalue weighted by Gasteiger charge is 2.09. The molecule has 1 amide bonds. The molecular weight excluding hydrogens is 314 g/mol. The van der Waals surface area contributed by atoms with Crippen LogP contribution in [0.2, 0.25) is 10.0 Å². The highest BCUT2D eigenvalue weighted by Crippen LogP contribution is 2.29. The number of anilines is 2. The first-order chi connectivity index (χ1) is 9.97. The largest absolute Gasteiger partial charge is 0.376 e. The van der Waals surface area contributed by atoms with E-state index in [1.165, 1.54) is 12.1 Å². The molecule has 0 radical (unpaired) electrons. The van der Waals surface area contributed by atoms with Gasteiger partial charge in [-0.1, -0.05) is 35.3 Å². The Kier molecular flexibility index (Phi) is 5.04. The maximum Gasteiger partial charge on any atom is 0.243 e. The normalized spacial score (nSPS) is 10.3. The first kappa shape index (κ1) is 15.6. The van der Waals surface area contributed by atoms with Gasteiger partial charge in [-0.3, -0.25) is 4.79 Å². The third-order valence-electron chi connectivity index (χ3n) is 2.86. The lowest BCUT2D eigenvalue weighted by Gasteiger charge is -2.11. The van der Waals surface area contributed by atoms with Crippen molar-refractivity contribution < 1.29 is 9.18 Å². The monoisotopic (exact) mass is 326 g/mol. The average Bonchev–Trinajstić information content (AvgIpc) is 2.45. The molecule has 2 N–H and O–H groups in total. The summed E-state index contributed by atoms with van der Waals surface area (Å²) in [5, 5.41) is 6.17. The molecular formula is C15H13Cl2FN2O. The molecule has 0 saturated carbocycles. The smallest absolute Gasteiger partial charge is 0.243 e. The van der Waals surface area contributed by atoms with Gasteiger partial charge in [0.05, 0.1) is 22.3 Å². The molecule has 0 fully saturated rings. The van der Waals surface area contributed by atoms with Gasteiger partial charge in [-0.15, -0.1) is 0 Å². The van der Waals surface area contributed by atoms with Crippen molar-refractivity contribution in [2.75, 3.05) is 17.2 Å². The van der Waals surface area contributed by atoms with E-state index >= 15 is 0 Å². The molecule has 0 bridgehead atoms. The van der Waals surface area contributed by atoms with Crippen LogP contribution in [0.1, 0.15) is 5.56 Å². The number of benzene rings is 2. The number of aryl methyl sites for hydroxylation is 1. The second-order valence-corrected chi connectivity index (χ2v) is 5.25. The van der Waals surface area contributed by atoms with Crippen molar-refractivity contribution >= 4 is 40.5 Å². The molecule has 0 aliphatic rings. The lowest BCUT2D eigenvalue weighted by atomic mass is 10.2. The number of carbonyl (C=O) groups is 1. The number of hydrogen-bond acceptors (Lipinski definition) is 2. The quantitative estimate of drug-likeness (QED) is 0.869. The second kappa shape index (κ2) is 6.78. The number of rotatable bonds is 4. The third kappa shape index (κ3) is 4.09. The topological polar surface area (TPSA) is 41.1 Å². The predicted octanol–water partition coefficient (Wildman–Crippen LogP) is 4.49. The minimum atomic E-state index is -0.360. The van der Waals surface area contributed by atoms with Crippen LogP contribution < -0.4 is 10.6 Å². The van der Waals surface area contributed by atoms with Crippen molar-refractivity contribution in [2.45, 2.75) is 6.92 Å². The Morgan fingerprint density at radius 3 is 2.71 bits per heavy atom. The van der Waals surface area contributed by atoms with E-state index in [0.29, 0.717) is 16.4 Å². The zero-order chi connectivity index (χ0) is 15.4. The van der Waals surface area contributed by atoms with Gasteiger partial charge in [0, 0.05) is 5.69 Å². The molecule has 110 valence electrons. The number of carbonyl (C=O) groups excluding carboxylic acids is 1. The summed E-state index contributed by atoms with van der Waals surface area (Å²) >= 11 is 11.9. The summed E-state index contributed by atoms with van der Waals surface area (Å²) in [6.07, 6.45) is 0. The molecule has 0 aliphatic heterocycles. The minimum Gasteiger partial charge on any atom is -0.376 e. The first-order valence-electron chi connectivity index (χ1n) is 6.21. The van der Waals surface area contributed by atoms with Gasteiger partial charge >= 0.3 is 0 Å². The summed E-state index contributed by atoms with van der Waals surface area (Å²) in [5.74, 6) is -0.663. The van der Waals surface area contributed by atoms with Crippen LogP contribution in [0.25, 0.3) is 0 Å². The molecule has 2 rings (SSSR count). The van der Waals surface area contributed by atoms with Gasteiger partial charge in [0.15, 0.2) is 0 Å². The van der Waals surface area contributed by atoms with E-state index in [1.807, 2.05) is 6.92 Å². The van der Waals surface area contributed by atoms with Crippen molar-refractivity contribution in [1.82, 2.24) is 0 Å². The summed E-state index contributed by atoms with van der Waals surface area (Å²) in [6.45, 7) is 1.82. The summed E-state index contributed by atoms with van der Waals surface area (Å²) in [7, 11) is 0. The van der Waals surface area contributed by atoms with Gasteiger partial charge in [0.2, 0.25) is 5.91 Å². The van der Waals surface area contributed by atoms with E-state index in [1.54, 1.807) is 24.3 Å². The van der Waals surface area contributed by atoms with Gasteiger partial charge in [-0.2, -0.15) is 0 Å². The molecule has 0 unspecified atom stereocenters. The van der Waals surface area contributed by atoms with E-state index < -0.39 is 0 Å². The molecule has 2 aromatic rings. The fraction of sp³-hybridized carbons (Fsp3) is 0.133. The Labute approximate surface area is 132 Å². The maximum atomic E-state index is 13.1. The Morgan fingerprint density at radius 2 is 1.95 bits per heavy atom. The molecule has 2 aromatic carbocycles. The maximum absolute atomic E-state index is 13.1. The number of hydrogen-bond donors (Lipinski definition) is 2. The fourth-order valence-electron chi connectivity index (χ4n) is 1.75. The van der Waals surface area contributed by atoms with Crippen LogP contribution in [0.15, 0.2) is 36.4 Å². The molecule has 3 nitrogen and oxygen atoms in total. The number of halogens is 3. The van der Waals surface area contributed by atoms with Crippen LogP contribution in [0.3, 0.4) is 0 Å². The van der Waals surface area contributed by atoms with Gasteiger partial charge in [0.1, 0.15) is 5.82 Å². The molecule has 0 aromatic heterocycles. The Morgan fingerprint density at radius 1 is 1.19 bits per heavy atom. The van der Waals surface area contributed by atoms with Crippen molar-refractivity contribution in [1.29, 1.82) is 0 Å². The van der Waals surface area contributed by atoms with Gasteiger partial charge in [-0.25, -0.2) is 4.39 Å². The van der Waals surface area contributed by atoms with Crippen LogP contribution in [-0.4, -0.2) is 12.5 Å². The van der Waals surface area contributed by atoms with E-state index in [4.69, 9.17) is 23.2 Å². The van der Waals surface area contributed by atoms with Crippen LogP contribution in [-0.2, 0) is 4.79 Å². The summed E-state index contributed by atoms with van der Waals surface area (Å²) in [4.78, 5) is 11.9.